The minimum Gasteiger partial charge on any atom is -0.494 e. The van der Waals surface area contributed by atoms with E-state index in [1.807, 2.05) is 32.0 Å². The zero-order valence-electron chi connectivity index (χ0n) is 9.81. The molecule has 1 aromatic carbocycles. The van der Waals surface area contributed by atoms with E-state index in [2.05, 4.69) is 0 Å². The van der Waals surface area contributed by atoms with Crippen molar-refractivity contribution in [1.82, 2.24) is 0 Å². The van der Waals surface area contributed by atoms with Crippen LogP contribution >= 0.6 is 0 Å². The molecule has 2 unspecified atom stereocenters. The molecule has 0 fully saturated rings. The van der Waals surface area contributed by atoms with Crippen LogP contribution in [0.5, 0.6) is 5.75 Å². The fourth-order valence-corrected chi connectivity index (χ4v) is 1.57. The number of aliphatic hydroxyl groups excluding tert-OH is 1. The Balaban J connectivity index is 2.87. The summed E-state index contributed by atoms with van der Waals surface area (Å²) in [6.07, 6.45) is -0.711. The Morgan fingerprint density at radius 3 is 2.62 bits per heavy atom. The van der Waals surface area contributed by atoms with E-state index in [0.717, 1.165) is 16.9 Å². The van der Waals surface area contributed by atoms with E-state index in [-0.39, 0.29) is 6.54 Å². The molecule has 0 aliphatic heterocycles. The molecule has 16 heavy (non-hydrogen) atoms. The molecule has 4 nitrogen and oxygen atoms in total. The molecule has 90 valence electrons. The van der Waals surface area contributed by atoms with E-state index in [1.54, 1.807) is 0 Å². The van der Waals surface area contributed by atoms with Gasteiger partial charge in [-0.2, -0.15) is 0 Å². The second-order valence-electron chi connectivity index (χ2n) is 3.79. The summed E-state index contributed by atoms with van der Waals surface area (Å²) in [5.41, 5.74) is 13.1. The summed E-state index contributed by atoms with van der Waals surface area (Å²) >= 11 is 0. The third-order valence-electron chi connectivity index (χ3n) is 2.54. The molecule has 1 aromatic rings. The lowest BCUT2D eigenvalue weighted by atomic mass is 10.00. The van der Waals surface area contributed by atoms with Crippen molar-refractivity contribution >= 4 is 0 Å². The van der Waals surface area contributed by atoms with Gasteiger partial charge in [-0.25, -0.2) is 0 Å². The minimum absolute atomic E-state index is 0.160. The van der Waals surface area contributed by atoms with Gasteiger partial charge in [0.25, 0.3) is 0 Å². The summed E-state index contributed by atoms with van der Waals surface area (Å²) in [5.74, 6) is 0.848. The van der Waals surface area contributed by atoms with Crippen molar-refractivity contribution in [3.05, 3.63) is 29.3 Å². The van der Waals surface area contributed by atoms with Crippen LogP contribution in [0.2, 0.25) is 0 Å². The van der Waals surface area contributed by atoms with Crippen LogP contribution in [-0.2, 0) is 0 Å². The molecule has 0 saturated heterocycles. The first kappa shape index (κ1) is 13.0. The molecule has 4 heteroatoms. The van der Waals surface area contributed by atoms with Gasteiger partial charge in [-0.3, -0.25) is 0 Å². The summed E-state index contributed by atoms with van der Waals surface area (Å²) in [6, 6.07) is 5.22. The molecule has 5 N–H and O–H groups in total. The highest BCUT2D eigenvalue weighted by Gasteiger charge is 2.15. The lowest BCUT2D eigenvalue weighted by molar-refractivity contribution is 0.153. The highest BCUT2D eigenvalue weighted by atomic mass is 16.5. The topological polar surface area (TPSA) is 81.5 Å². The second kappa shape index (κ2) is 5.84. The van der Waals surface area contributed by atoms with E-state index in [9.17, 15) is 5.11 Å². The number of aryl methyl sites for hydroxylation is 1. The van der Waals surface area contributed by atoms with Gasteiger partial charge in [-0.15, -0.1) is 0 Å². The Bertz CT molecular complexity index is 342. The molecule has 0 amide bonds. The summed E-state index contributed by atoms with van der Waals surface area (Å²) in [7, 11) is 0. The first-order valence-corrected chi connectivity index (χ1v) is 5.47. The Labute approximate surface area is 96.2 Å². The van der Waals surface area contributed by atoms with Crippen LogP contribution in [0.1, 0.15) is 24.1 Å². The van der Waals surface area contributed by atoms with Crippen LogP contribution in [0.15, 0.2) is 18.2 Å². The molecular formula is C12H20N2O2. The smallest absolute Gasteiger partial charge is 0.122 e. The summed E-state index contributed by atoms with van der Waals surface area (Å²) < 4.78 is 5.43. The Morgan fingerprint density at radius 2 is 2.12 bits per heavy atom. The van der Waals surface area contributed by atoms with E-state index in [0.29, 0.717) is 6.61 Å². The van der Waals surface area contributed by atoms with Crippen molar-refractivity contribution in [2.75, 3.05) is 13.2 Å². The minimum atomic E-state index is -0.711. The number of benzene rings is 1. The van der Waals surface area contributed by atoms with Gasteiger partial charge in [0.2, 0.25) is 0 Å². The van der Waals surface area contributed by atoms with Gasteiger partial charge < -0.3 is 21.3 Å². The molecule has 0 aliphatic carbocycles. The van der Waals surface area contributed by atoms with Gasteiger partial charge >= 0.3 is 0 Å². The quantitative estimate of drug-likeness (QED) is 0.688. The van der Waals surface area contributed by atoms with Crippen LogP contribution in [0.4, 0.5) is 0 Å². The number of nitrogens with two attached hydrogens (primary N) is 2. The number of hydrogen-bond donors (Lipinski definition) is 3. The lowest BCUT2D eigenvalue weighted by Crippen LogP contribution is -2.32. The maximum atomic E-state index is 9.56. The van der Waals surface area contributed by atoms with Crippen molar-refractivity contribution < 1.29 is 9.84 Å². The van der Waals surface area contributed by atoms with Crippen molar-refractivity contribution in [3.8, 4) is 5.75 Å². The van der Waals surface area contributed by atoms with E-state index in [1.165, 1.54) is 0 Å². The molecule has 0 heterocycles. The Morgan fingerprint density at radius 1 is 1.44 bits per heavy atom. The highest BCUT2D eigenvalue weighted by Crippen LogP contribution is 2.23. The SMILES string of the molecule is CCOc1ccc(C(N)C(O)CN)cc1C. The number of hydrogen-bond acceptors (Lipinski definition) is 4. The molecular weight excluding hydrogens is 204 g/mol. The summed E-state index contributed by atoms with van der Waals surface area (Å²) in [5, 5.41) is 9.56. The predicted molar refractivity (Wildman–Crippen MR) is 64.3 cm³/mol. The maximum Gasteiger partial charge on any atom is 0.122 e. The monoisotopic (exact) mass is 224 g/mol. The lowest BCUT2D eigenvalue weighted by Gasteiger charge is -2.18. The normalized spacial score (nSPS) is 14.6. The molecule has 0 aliphatic rings. The fourth-order valence-electron chi connectivity index (χ4n) is 1.57. The Hall–Kier alpha value is -1.10. The van der Waals surface area contributed by atoms with Gasteiger partial charge in [0.1, 0.15) is 5.75 Å². The van der Waals surface area contributed by atoms with Crippen molar-refractivity contribution in [3.63, 3.8) is 0 Å². The molecule has 0 radical (unpaired) electrons. The van der Waals surface area contributed by atoms with Gasteiger partial charge in [-0.05, 0) is 31.0 Å². The standard InChI is InChI=1S/C12H20N2O2/c1-3-16-11-5-4-9(6-8(11)2)12(14)10(15)7-13/h4-6,10,12,15H,3,7,13-14H2,1-2H3. The van der Waals surface area contributed by atoms with Gasteiger partial charge in [-0.1, -0.05) is 12.1 Å². The number of ether oxygens (including phenoxy) is 1. The summed E-state index contributed by atoms with van der Waals surface area (Å²) in [4.78, 5) is 0. The van der Waals surface area contributed by atoms with Crippen LogP contribution in [0.25, 0.3) is 0 Å². The largest absolute Gasteiger partial charge is 0.494 e. The van der Waals surface area contributed by atoms with Crippen LogP contribution < -0.4 is 16.2 Å². The van der Waals surface area contributed by atoms with Gasteiger partial charge in [0.15, 0.2) is 0 Å². The number of rotatable bonds is 5. The molecule has 0 bridgehead atoms. The van der Waals surface area contributed by atoms with Crippen LogP contribution in [-0.4, -0.2) is 24.4 Å². The van der Waals surface area contributed by atoms with Crippen LogP contribution in [0.3, 0.4) is 0 Å². The zero-order chi connectivity index (χ0) is 12.1. The molecule has 0 spiro atoms. The fraction of sp³-hybridized carbons (Fsp3) is 0.500. The summed E-state index contributed by atoms with van der Waals surface area (Å²) in [6.45, 7) is 4.69. The zero-order valence-corrected chi connectivity index (χ0v) is 9.81. The number of aliphatic hydroxyl groups is 1. The van der Waals surface area contributed by atoms with Crippen molar-refractivity contribution in [2.24, 2.45) is 11.5 Å². The second-order valence-corrected chi connectivity index (χ2v) is 3.79. The third kappa shape index (κ3) is 2.95. The van der Waals surface area contributed by atoms with E-state index < -0.39 is 12.1 Å². The van der Waals surface area contributed by atoms with Crippen molar-refractivity contribution in [1.29, 1.82) is 0 Å². The molecule has 0 aromatic heterocycles. The molecule has 1 rings (SSSR count). The third-order valence-corrected chi connectivity index (χ3v) is 2.54. The highest BCUT2D eigenvalue weighted by molar-refractivity contribution is 5.37. The van der Waals surface area contributed by atoms with Gasteiger partial charge in [0.05, 0.1) is 18.8 Å². The van der Waals surface area contributed by atoms with Crippen molar-refractivity contribution in [2.45, 2.75) is 26.0 Å². The molecule has 2 atom stereocenters. The predicted octanol–water partition coefficient (Wildman–Crippen LogP) is 0.713. The average Bonchev–Trinajstić information content (AvgIpc) is 2.30. The van der Waals surface area contributed by atoms with E-state index in [4.69, 9.17) is 16.2 Å². The Kier molecular flexibility index (Phi) is 4.73. The first-order valence-electron chi connectivity index (χ1n) is 5.47. The van der Waals surface area contributed by atoms with Gasteiger partial charge in [0, 0.05) is 6.54 Å². The first-order chi connectivity index (χ1) is 7.60. The van der Waals surface area contributed by atoms with Crippen LogP contribution in [0, 0.1) is 6.92 Å². The van der Waals surface area contributed by atoms with E-state index >= 15 is 0 Å². The average molecular weight is 224 g/mol. The maximum absolute atomic E-state index is 9.56. The molecule has 0 saturated carbocycles.